The molecule has 1 rings (SSSR count). The summed E-state index contributed by atoms with van der Waals surface area (Å²) in [6.07, 6.45) is 0.369. The van der Waals surface area contributed by atoms with Crippen LogP contribution >= 0.6 is 0 Å². The largest absolute Gasteiger partial charge is 0.462 e. The predicted octanol–water partition coefficient (Wildman–Crippen LogP) is 1.17. The Bertz CT molecular complexity index is 411. The lowest BCUT2D eigenvalue weighted by Gasteiger charge is -2.16. The summed E-state index contributed by atoms with van der Waals surface area (Å²) in [5.74, 6) is -0.508. The van der Waals surface area contributed by atoms with Crippen molar-refractivity contribution in [2.24, 2.45) is 0 Å². The Balaban J connectivity index is 2.59. The molecule has 1 aromatic carbocycles. The van der Waals surface area contributed by atoms with Crippen molar-refractivity contribution in [2.75, 3.05) is 18.1 Å². The van der Waals surface area contributed by atoms with Crippen LogP contribution in [0.15, 0.2) is 18.2 Å². The molecule has 17 heavy (non-hydrogen) atoms. The molecule has 0 unspecified atom stereocenters. The Labute approximate surface area is 100 Å². The summed E-state index contributed by atoms with van der Waals surface area (Å²) in [4.78, 5) is 11.6. The van der Waals surface area contributed by atoms with Crippen LogP contribution in [0.25, 0.3) is 0 Å². The standard InChI is InChI=1S/C12H18N2O3/c1-12(2,16)5-6-17-11(15)9-4-3-8(13)7-10(9)14/h3-4,7,16H,5-6,13-14H2,1-2H3. The highest BCUT2D eigenvalue weighted by atomic mass is 16.5. The van der Waals surface area contributed by atoms with Crippen LogP contribution < -0.4 is 11.5 Å². The molecule has 5 heteroatoms. The van der Waals surface area contributed by atoms with Gasteiger partial charge < -0.3 is 21.3 Å². The molecule has 0 aromatic heterocycles. The maximum absolute atomic E-state index is 11.6. The zero-order chi connectivity index (χ0) is 13.1. The van der Waals surface area contributed by atoms with Crippen LogP contribution in [-0.2, 0) is 4.74 Å². The molecular formula is C12H18N2O3. The van der Waals surface area contributed by atoms with Crippen molar-refractivity contribution < 1.29 is 14.6 Å². The second-order valence-corrected chi connectivity index (χ2v) is 4.55. The number of ether oxygens (including phenoxy) is 1. The highest BCUT2D eigenvalue weighted by Crippen LogP contribution is 2.17. The van der Waals surface area contributed by atoms with Crippen molar-refractivity contribution in [1.82, 2.24) is 0 Å². The highest BCUT2D eigenvalue weighted by Gasteiger charge is 2.15. The van der Waals surface area contributed by atoms with Crippen molar-refractivity contribution in [3.8, 4) is 0 Å². The molecule has 0 heterocycles. The molecule has 94 valence electrons. The van der Waals surface area contributed by atoms with Crippen LogP contribution in [0, 0.1) is 0 Å². The van der Waals surface area contributed by atoms with E-state index in [2.05, 4.69) is 0 Å². The first-order chi connectivity index (χ1) is 7.79. The lowest BCUT2D eigenvalue weighted by Crippen LogP contribution is -2.22. The second-order valence-electron chi connectivity index (χ2n) is 4.55. The van der Waals surface area contributed by atoms with E-state index in [4.69, 9.17) is 16.2 Å². The number of benzene rings is 1. The van der Waals surface area contributed by atoms with Gasteiger partial charge in [0.15, 0.2) is 0 Å². The molecule has 0 saturated carbocycles. The van der Waals surface area contributed by atoms with Crippen molar-refractivity contribution in [2.45, 2.75) is 25.9 Å². The average molecular weight is 238 g/mol. The minimum Gasteiger partial charge on any atom is -0.462 e. The Kier molecular flexibility index (Phi) is 3.96. The number of carbonyl (C=O) groups excluding carboxylic acids is 1. The Morgan fingerprint density at radius 3 is 2.59 bits per heavy atom. The molecule has 0 aliphatic carbocycles. The normalized spacial score (nSPS) is 11.2. The number of carbonyl (C=O) groups is 1. The maximum Gasteiger partial charge on any atom is 0.340 e. The fourth-order valence-electron chi connectivity index (χ4n) is 1.24. The van der Waals surface area contributed by atoms with E-state index in [1.54, 1.807) is 19.9 Å². The molecule has 5 N–H and O–H groups in total. The number of nitrogen functional groups attached to an aromatic ring is 2. The molecule has 5 nitrogen and oxygen atoms in total. The number of esters is 1. The molecular weight excluding hydrogens is 220 g/mol. The van der Waals surface area contributed by atoms with Gasteiger partial charge in [-0.2, -0.15) is 0 Å². The van der Waals surface area contributed by atoms with Gasteiger partial charge in [-0.25, -0.2) is 4.79 Å². The van der Waals surface area contributed by atoms with Gasteiger partial charge in [-0.05, 0) is 32.0 Å². The fraction of sp³-hybridized carbons (Fsp3) is 0.417. The zero-order valence-electron chi connectivity index (χ0n) is 10.1. The lowest BCUT2D eigenvalue weighted by molar-refractivity contribution is 0.0245. The molecule has 0 aliphatic rings. The van der Waals surface area contributed by atoms with E-state index in [1.165, 1.54) is 12.1 Å². The summed E-state index contributed by atoms with van der Waals surface area (Å²) >= 11 is 0. The minimum atomic E-state index is -0.854. The Morgan fingerprint density at radius 2 is 2.06 bits per heavy atom. The van der Waals surface area contributed by atoms with Crippen molar-refractivity contribution in [1.29, 1.82) is 0 Å². The maximum atomic E-state index is 11.6. The van der Waals surface area contributed by atoms with Gasteiger partial charge >= 0.3 is 5.97 Å². The van der Waals surface area contributed by atoms with Crippen LogP contribution in [-0.4, -0.2) is 23.3 Å². The van der Waals surface area contributed by atoms with Crippen LogP contribution in [0.1, 0.15) is 30.6 Å². The van der Waals surface area contributed by atoms with E-state index in [9.17, 15) is 9.90 Å². The van der Waals surface area contributed by atoms with Gasteiger partial charge in [0.1, 0.15) is 0 Å². The third-order valence-electron chi connectivity index (χ3n) is 2.24. The van der Waals surface area contributed by atoms with Crippen LogP contribution in [0.2, 0.25) is 0 Å². The number of rotatable bonds is 4. The summed E-state index contributed by atoms with van der Waals surface area (Å²) in [5, 5.41) is 9.46. The smallest absolute Gasteiger partial charge is 0.340 e. The second kappa shape index (κ2) is 5.05. The first-order valence-electron chi connectivity index (χ1n) is 5.34. The minimum absolute atomic E-state index is 0.145. The van der Waals surface area contributed by atoms with E-state index in [-0.39, 0.29) is 12.2 Å². The first kappa shape index (κ1) is 13.3. The molecule has 0 aliphatic heterocycles. The number of anilines is 2. The molecule has 0 spiro atoms. The molecule has 0 atom stereocenters. The van der Waals surface area contributed by atoms with Gasteiger partial charge in [-0.3, -0.25) is 0 Å². The third-order valence-corrected chi connectivity index (χ3v) is 2.24. The van der Waals surface area contributed by atoms with Gasteiger partial charge in [-0.15, -0.1) is 0 Å². The zero-order valence-corrected chi connectivity index (χ0v) is 10.1. The summed E-state index contributed by atoms with van der Waals surface area (Å²) in [5.41, 5.74) is 11.4. The van der Waals surface area contributed by atoms with E-state index < -0.39 is 11.6 Å². The van der Waals surface area contributed by atoms with Crippen LogP contribution in [0.4, 0.5) is 11.4 Å². The van der Waals surface area contributed by atoms with Crippen LogP contribution in [0.3, 0.4) is 0 Å². The average Bonchev–Trinajstić information content (AvgIpc) is 2.15. The van der Waals surface area contributed by atoms with E-state index in [1.807, 2.05) is 0 Å². The van der Waals surface area contributed by atoms with Crippen molar-refractivity contribution in [3.05, 3.63) is 23.8 Å². The monoisotopic (exact) mass is 238 g/mol. The molecule has 0 saturated heterocycles. The van der Waals surface area contributed by atoms with Gasteiger partial charge in [0.25, 0.3) is 0 Å². The molecule has 0 amide bonds. The summed E-state index contributed by atoms with van der Waals surface area (Å²) in [6, 6.07) is 4.62. The van der Waals surface area contributed by atoms with Gasteiger partial charge in [0.2, 0.25) is 0 Å². The van der Waals surface area contributed by atoms with Gasteiger partial charge in [0, 0.05) is 17.8 Å². The Hall–Kier alpha value is -1.75. The van der Waals surface area contributed by atoms with Gasteiger partial charge in [-0.1, -0.05) is 0 Å². The number of hydrogen-bond donors (Lipinski definition) is 3. The first-order valence-corrected chi connectivity index (χ1v) is 5.34. The third kappa shape index (κ3) is 4.32. The molecule has 0 bridgehead atoms. The van der Waals surface area contributed by atoms with Crippen molar-refractivity contribution in [3.63, 3.8) is 0 Å². The summed E-state index contributed by atoms with van der Waals surface area (Å²) in [7, 11) is 0. The molecule has 0 fully saturated rings. The van der Waals surface area contributed by atoms with Crippen LogP contribution in [0.5, 0.6) is 0 Å². The van der Waals surface area contributed by atoms with Gasteiger partial charge in [0.05, 0.1) is 17.8 Å². The molecule has 1 aromatic rings. The number of aliphatic hydroxyl groups is 1. The quantitative estimate of drug-likeness (QED) is 0.540. The highest BCUT2D eigenvalue weighted by molar-refractivity contribution is 5.95. The van der Waals surface area contributed by atoms with Crippen molar-refractivity contribution >= 4 is 17.3 Å². The molecule has 0 radical (unpaired) electrons. The number of nitrogens with two attached hydrogens (primary N) is 2. The predicted molar refractivity (Wildman–Crippen MR) is 66.5 cm³/mol. The SMILES string of the molecule is CC(C)(O)CCOC(=O)c1ccc(N)cc1N. The van der Waals surface area contributed by atoms with E-state index in [0.29, 0.717) is 17.8 Å². The topological polar surface area (TPSA) is 98.6 Å². The summed E-state index contributed by atoms with van der Waals surface area (Å²) in [6.45, 7) is 3.45. The number of hydrogen-bond acceptors (Lipinski definition) is 5. The lowest BCUT2D eigenvalue weighted by atomic mass is 10.1. The van der Waals surface area contributed by atoms with E-state index in [0.717, 1.165) is 0 Å². The fourth-order valence-corrected chi connectivity index (χ4v) is 1.24. The summed E-state index contributed by atoms with van der Waals surface area (Å²) < 4.78 is 5.01. The van der Waals surface area contributed by atoms with E-state index >= 15 is 0 Å². The Morgan fingerprint density at radius 1 is 1.41 bits per heavy atom.